The summed E-state index contributed by atoms with van der Waals surface area (Å²) in [4.78, 5) is 12.6. The van der Waals surface area contributed by atoms with Crippen LogP contribution < -0.4 is 0 Å². The molecule has 0 amide bonds. The first-order chi connectivity index (χ1) is 8.25. The molecule has 0 saturated heterocycles. The maximum Gasteiger partial charge on any atom is 0.175 e. The van der Waals surface area contributed by atoms with Crippen molar-refractivity contribution in [3.8, 4) is 11.4 Å². The van der Waals surface area contributed by atoms with Gasteiger partial charge in [0, 0.05) is 12.4 Å². The van der Waals surface area contributed by atoms with Crippen LogP contribution in [0.15, 0.2) is 41.4 Å². The van der Waals surface area contributed by atoms with E-state index in [0.717, 1.165) is 16.0 Å². The summed E-state index contributed by atoms with van der Waals surface area (Å²) in [5.74, 6) is 0. The Morgan fingerprint density at radius 3 is 2.94 bits per heavy atom. The van der Waals surface area contributed by atoms with Gasteiger partial charge in [-0.3, -0.25) is 4.40 Å². The van der Waals surface area contributed by atoms with Crippen molar-refractivity contribution in [1.29, 1.82) is 0 Å². The molecule has 3 heterocycles. The zero-order chi connectivity index (χ0) is 11.8. The minimum Gasteiger partial charge on any atom is -0.294 e. The van der Waals surface area contributed by atoms with Crippen LogP contribution in [0.2, 0.25) is 5.15 Å². The third kappa shape index (κ3) is 1.81. The van der Waals surface area contributed by atoms with E-state index < -0.39 is 0 Å². The van der Waals surface area contributed by atoms with Crippen molar-refractivity contribution in [2.45, 2.75) is 0 Å². The Morgan fingerprint density at radius 1 is 1.24 bits per heavy atom. The number of pyridine rings is 1. The predicted octanol–water partition coefficient (Wildman–Crippen LogP) is 3.21. The molecule has 3 rings (SSSR count). The average molecular weight is 310 g/mol. The Bertz CT molecular complexity index is 695. The van der Waals surface area contributed by atoms with Crippen molar-refractivity contribution in [3.05, 3.63) is 46.5 Å². The van der Waals surface area contributed by atoms with E-state index in [0.29, 0.717) is 10.8 Å². The van der Waals surface area contributed by atoms with Crippen molar-refractivity contribution in [2.24, 2.45) is 0 Å². The number of rotatable bonds is 1. The van der Waals surface area contributed by atoms with Crippen LogP contribution in [-0.4, -0.2) is 19.4 Å². The molecule has 0 aliphatic carbocycles. The van der Waals surface area contributed by atoms with Gasteiger partial charge < -0.3 is 0 Å². The van der Waals surface area contributed by atoms with Crippen LogP contribution in [0.4, 0.5) is 0 Å². The van der Waals surface area contributed by atoms with Gasteiger partial charge in [0.25, 0.3) is 0 Å². The highest BCUT2D eigenvalue weighted by atomic mass is 79.9. The Labute approximate surface area is 110 Å². The van der Waals surface area contributed by atoms with Crippen LogP contribution in [0, 0.1) is 0 Å². The van der Waals surface area contributed by atoms with Crippen molar-refractivity contribution < 1.29 is 0 Å². The second kappa shape index (κ2) is 4.09. The molecule has 0 aromatic carbocycles. The molecule has 3 aromatic heterocycles. The van der Waals surface area contributed by atoms with Crippen molar-refractivity contribution in [3.63, 3.8) is 0 Å². The fourth-order valence-electron chi connectivity index (χ4n) is 1.63. The second-order valence-corrected chi connectivity index (χ2v) is 4.57. The number of hydrogen-bond donors (Lipinski definition) is 0. The standard InChI is InChI=1S/C11H6BrClN4/c12-9-3-1-2-7(16-9)8-6-15-11-10(13)14-4-5-17(8)11/h1-6H. The molecule has 0 saturated carbocycles. The Balaban J connectivity index is 2.28. The fourth-order valence-corrected chi connectivity index (χ4v) is 2.17. The van der Waals surface area contributed by atoms with Gasteiger partial charge in [0.1, 0.15) is 4.60 Å². The van der Waals surface area contributed by atoms with Gasteiger partial charge in [-0.05, 0) is 28.1 Å². The maximum absolute atomic E-state index is 5.96. The summed E-state index contributed by atoms with van der Waals surface area (Å²) in [5, 5.41) is 0.383. The van der Waals surface area contributed by atoms with Gasteiger partial charge >= 0.3 is 0 Å². The molecular formula is C11H6BrClN4. The molecule has 0 radical (unpaired) electrons. The molecule has 0 fully saturated rings. The molecule has 4 nitrogen and oxygen atoms in total. The Hall–Kier alpha value is -1.46. The zero-order valence-corrected chi connectivity index (χ0v) is 10.9. The number of nitrogens with zero attached hydrogens (tertiary/aromatic N) is 4. The van der Waals surface area contributed by atoms with E-state index in [4.69, 9.17) is 11.6 Å². The van der Waals surface area contributed by atoms with Crippen molar-refractivity contribution in [1.82, 2.24) is 19.4 Å². The van der Waals surface area contributed by atoms with Crippen LogP contribution in [0.3, 0.4) is 0 Å². The first-order valence-electron chi connectivity index (χ1n) is 4.86. The summed E-state index contributed by atoms with van der Waals surface area (Å²) in [7, 11) is 0. The smallest absolute Gasteiger partial charge is 0.175 e. The van der Waals surface area contributed by atoms with Crippen LogP contribution >= 0.6 is 27.5 Å². The number of imidazole rings is 1. The van der Waals surface area contributed by atoms with Gasteiger partial charge in [-0.2, -0.15) is 0 Å². The largest absolute Gasteiger partial charge is 0.294 e. The summed E-state index contributed by atoms with van der Waals surface area (Å²) in [6.07, 6.45) is 5.18. The SMILES string of the molecule is Clc1nccn2c(-c3cccc(Br)n3)cnc12. The molecule has 0 spiro atoms. The summed E-state index contributed by atoms with van der Waals surface area (Å²) < 4.78 is 2.65. The van der Waals surface area contributed by atoms with Crippen LogP contribution in [0.1, 0.15) is 0 Å². The fraction of sp³-hybridized carbons (Fsp3) is 0. The number of fused-ring (bicyclic) bond motifs is 1. The van der Waals surface area contributed by atoms with E-state index in [1.165, 1.54) is 0 Å². The molecule has 6 heteroatoms. The van der Waals surface area contributed by atoms with Gasteiger partial charge in [-0.1, -0.05) is 17.7 Å². The minimum absolute atomic E-state index is 0.383. The number of halogens is 2. The quantitative estimate of drug-likeness (QED) is 0.648. The number of hydrogen-bond acceptors (Lipinski definition) is 3. The summed E-state index contributed by atoms with van der Waals surface area (Å²) in [6.45, 7) is 0. The molecule has 3 aromatic rings. The van der Waals surface area contributed by atoms with Gasteiger partial charge in [-0.15, -0.1) is 0 Å². The van der Waals surface area contributed by atoms with E-state index in [1.807, 2.05) is 28.8 Å². The topological polar surface area (TPSA) is 43.1 Å². The molecule has 0 aliphatic rings. The third-order valence-corrected chi connectivity index (χ3v) is 3.07. The van der Waals surface area contributed by atoms with Crippen LogP contribution in [0.25, 0.3) is 17.0 Å². The molecular weight excluding hydrogens is 304 g/mol. The molecule has 0 N–H and O–H groups in total. The molecule has 0 bridgehead atoms. The van der Waals surface area contributed by atoms with Gasteiger partial charge in [0.2, 0.25) is 0 Å². The molecule has 84 valence electrons. The lowest BCUT2D eigenvalue weighted by Crippen LogP contribution is -1.92. The van der Waals surface area contributed by atoms with E-state index >= 15 is 0 Å². The van der Waals surface area contributed by atoms with E-state index in [2.05, 4.69) is 30.9 Å². The van der Waals surface area contributed by atoms with E-state index in [9.17, 15) is 0 Å². The van der Waals surface area contributed by atoms with E-state index in [-0.39, 0.29) is 0 Å². The average Bonchev–Trinajstić information content (AvgIpc) is 2.74. The molecule has 0 aliphatic heterocycles. The van der Waals surface area contributed by atoms with Crippen molar-refractivity contribution in [2.75, 3.05) is 0 Å². The normalized spacial score (nSPS) is 10.9. The lowest BCUT2D eigenvalue weighted by Gasteiger charge is -2.01. The zero-order valence-electron chi connectivity index (χ0n) is 8.51. The highest BCUT2D eigenvalue weighted by molar-refractivity contribution is 9.10. The Kier molecular flexibility index (Phi) is 2.57. The highest BCUT2D eigenvalue weighted by Gasteiger charge is 2.09. The predicted molar refractivity (Wildman–Crippen MR) is 68.9 cm³/mol. The first kappa shape index (κ1) is 10.7. The van der Waals surface area contributed by atoms with Gasteiger partial charge in [0.05, 0.1) is 17.6 Å². The maximum atomic E-state index is 5.96. The lowest BCUT2D eigenvalue weighted by molar-refractivity contribution is 1.11. The van der Waals surface area contributed by atoms with E-state index in [1.54, 1.807) is 12.4 Å². The summed E-state index contributed by atoms with van der Waals surface area (Å²) in [6, 6.07) is 5.72. The van der Waals surface area contributed by atoms with Crippen molar-refractivity contribution >= 4 is 33.2 Å². The minimum atomic E-state index is 0.383. The lowest BCUT2D eigenvalue weighted by atomic mass is 10.3. The molecule has 17 heavy (non-hydrogen) atoms. The van der Waals surface area contributed by atoms with Crippen LogP contribution in [-0.2, 0) is 0 Å². The third-order valence-electron chi connectivity index (χ3n) is 2.36. The highest BCUT2D eigenvalue weighted by Crippen LogP contribution is 2.22. The second-order valence-electron chi connectivity index (χ2n) is 3.40. The monoisotopic (exact) mass is 308 g/mol. The molecule has 0 atom stereocenters. The Morgan fingerprint density at radius 2 is 2.12 bits per heavy atom. The first-order valence-corrected chi connectivity index (χ1v) is 6.03. The number of aromatic nitrogens is 4. The summed E-state index contributed by atoms with van der Waals surface area (Å²) >= 11 is 9.31. The van der Waals surface area contributed by atoms with Gasteiger partial charge in [0.15, 0.2) is 10.8 Å². The molecule has 0 unspecified atom stereocenters. The van der Waals surface area contributed by atoms with Gasteiger partial charge in [-0.25, -0.2) is 15.0 Å². The summed E-state index contributed by atoms with van der Waals surface area (Å²) in [5.41, 5.74) is 2.34. The van der Waals surface area contributed by atoms with Crippen LogP contribution in [0.5, 0.6) is 0 Å².